The van der Waals surface area contributed by atoms with Crippen molar-refractivity contribution in [1.29, 1.82) is 0 Å². The van der Waals surface area contributed by atoms with Crippen molar-refractivity contribution in [2.75, 3.05) is 0 Å². The van der Waals surface area contributed by atoms with Gasteiger partial charge in [0.2, 0.25) is 0 Å². The largest absolute Gasteiger partial charge is 0.435 e. The number of nitrogens with zero attached hydrogens (tertiary/aromatic N) is 1. The SMILES string of the molecule is CC(C)NCc1ccnc(Oc2cc(Br)ccc2Cl)c1F. The predicted octanol–water partition coefficient (Wildman–Crippen LogP) is 4.93. The first-order valence-electron chi connectivity index (χ1n) is 6.47. The van der Waals surface area contributed by atoms with Crippen molar-refractivity contribution < 1.29 is 9.13 Å². The normalized spacial score (nSPS) is 11.0. The second kappa shape index (κ2) is 7.20. The van der Waals surface area contributed by atoms with E-state index < -0.39 is 5.82 Å². The van der Waals surface area contributed by atoms with Crippen molar-refractivity contribution in [3.8, 4) is 11.6 Å². The summed E-state index contributed by atoms with van der Waals surface area (Å²) in [6, 6.07) is 7.01. The molecule has 0 saturated heterocycles. The van der Waals surface area contributed by atoms with E-state index in [1.54, 1.807) is 24.3 Å². The third-order valence-corrected chi connectivity index (χ3v) is 3.54. The van der Waals surface area contributed by atoms with Crippen molar-refractivity contribution in [2.45, 2.75) is 26.4 Å². The molecule has 0 fully saturated rings. The fourth-order valence-electron chi connectivity index (χ4n) is 1.64. The summed E-state index contributed by atoms with van der Waals surface area (Å²) >= 11 is 9.35. The number of benzene rings is 1. The van der Waals surface area contributed by atoms with Gasteiger partial charge in [-0.3, -0.25) is 0 Å². The van der Waals surface area contributed by atoms with Crippen LogP contribution in [0.3, 0.4) is 0 Å². The summed E-state index contributed by atoms with van der Waals surface area (Å²) in [6.07, 6.45) is 1.52. The second-order valence-corrected chi connectivity index (χ2v) is 6.12. The molecule has 0 aliphatic carbocycles. The van der Waals surface area contributed by atoms with E-state index in [0.29, 0.717) is 22.9 Å². The van der Waals surface area contributed by atoms with Crippen LogP contribution in [0.1, 0.15) is 19.4 Å². The maximum absolute atomic E-state index is 14.4. The lowest BCUT2D eigenvalue weighted by Crippen LogP contribution is -2.22. The van der Waals surface area contributed by atoms with Crippen molar-refractivity contribution in [1.82, 2.24) is 10.3 Å². The van der Waals surface area contributed by atoms with Gasteiger partial charge in [0.1, 0.15) is 5.75 Å². The Morgan fingerprint density at radius 1 is 1.38 bits per heavy atom. The molecule has 0 spiro atoms. The molecule has 6 heteroatoms. The van der Waals surface area contributed by atoms with Gasteiger partial charge in [-0.15, -0.1) is 0 Å². The fourth-order valence-corrected chi connectivity index (χ4v) is 2.14. The highest BCUT2D eigenvalue weighted by atomic mass is 79.9. The van der Waals surface area contributed by atoms with E-state index in [1.165, 1.54) is 6.20 Å². The second-order valence-electron chi connectivity index (χ2n) is 4.80. The molecule has 0 radical (unpaired) electrons. The number of ether oxygens (including phenoxy) is 1. The quantitative estimate of drug-likeness (QED) is 0.807. The van der Waals surface area contributed by atoms with Crippen LogP contribution in [0.4, 0.5) is 4.39 Å². The van der Waals surface area contributed by atoms with E-state index in [2.05, 4.69) is 26.2 Å². The lowest BCUT2D eigenvalue weighted by atomic mass is 10.2. The molecule has 2 aromatic rings. The molecule has 112 valence electrons. The molecule has 1 N–H and O–H groups in total. The molecule has 0 saturated carbocycles. The Morgan fingerprint density at radius 2 is 2.14 bits per heavy atom. The molecule has 0 aliphatic heterocycles. The predicted molar refractivity (Wildman–Crippen MR) is 85.4 cm³/mol. The number of nitrogens with one attached hydrogen (secondary N) is 1. The molecular formula is C15H15BrClFN2O. The monoisotopic (exact) mass is 372 g/mol. The van der Waals surface area contributed by atoms with Crippen molar-refractivity contribution in [2.24, 2.45) is 0 Å². The highest BCUT2D eigenvalue weighted by Crippen LogP contribution is 2.32. The Hall–Kier alpha value is -1.17. The van der Waals surface area contributed by atoms with Gasteiger partial charge in [0, 0.05) is 28.8 Å². The summed E-state index contributed by atoms with van der Waals surface area (Å²) in [4.78, 5) is 3.93. The van der Waals surface area contributed by atoms with Gasteiger partial charge in [-0.1, -0.05) is 41.4 Å². The van der Waals surface area contributed by atoms with Gasteiger partial charge in [-0.2, -0.15) is 0 Å². The number of pyridine rings is 1. The number of halogens is 3. The standard InChI is InChI=1S/C15H15BrClFN2O/c1-9(2)20-8-10-5-6-19-15(14(10)18)21-13-7-11(16)3-4-12(13)17/h3-7,9,20H,8H2,1-2H3. The molecule has 0 aliphatic rings. The van der Waals surface area contributed by atoms with Crippen LogP contribution in [-0.2, 0) is 6.54 Å². The average Bonchev–Trinajstić information content (AvgIpc) is 2.43. The summed E-state index contributed by atoms with van der Waals surface area (Å²) in [7, 11) is 0. The van der Waals surface area contributed by atoms with E-state index in [0.717, 1.165) is 4.47 Å². The third kappa shape index (κ3) is 4.40. The first-order valence-corrected chi connectivity index (χ1v) is 7.64. The van der Waals surface area contributed by atoms with Crippen LogP contribution < -0.4 is 10.1 Å². The van der Waals surface area contributed by atoms with E-state index in [4.69, 9.17) is 16.3 Å². The van der Waals surface area contributed by atoms with Gasteiger partial charge in [-0.25, -0.2) is 9.37 Å². The van der Waals surface area contributed by atoms with Gasteiger partial charge in [-0.05, 0) is 24.3 Å². The van der Waals surface area contributed by atoms with Crippen molar-refractivity contribution in [3.05, 3.63) is 51.3 Å². The zero-order chi connectivity index (χ0) is 15.4. The molecule has 1 heterocycles. The highest BCUT2D eigenvalue weighted by molar-refractivity contribution is 9.10. The van der Waals surface area contributed by atoms with Crippen LogP contribution in [-0.4, -0.2) is 11.0 Å². The van der Waals surface area contributed by atoms with E-state index in [1.807, 2.05) is 13.8 Å². The van der Waals surface area contributed by atoms with Gasteiger partial charge in [0.05, 0.1) is 5.02 Å². The van der Waals surface area contributed by atoms with Crippen LogP contribution in [0.25, 0.3) is 0 Å². The number of hydrogen-bond acceptors (Lipinski definition) is 3. The van der Waals surface area contributed by atoms with Crippen LogP contribution >= 0.6 is 27.5 Å². The van der Waals surface area contributed by atoms with Gasteiger partial charge in [0.15, 0.2) is 5.82 Å². The molecule has 21 heavy (non-hydrogen) atoms. The summed E-state index contributed by atoms with van der Waals surface area (Å²) in [5.41, 5.74) is 0.500. The highest BCUT2D eigenvalue weighted by Gasteiger charge is 2.13. The molecule has 3 nitrogen and oxygen atoms in total. The van der Waals surface area contributed by atoms with Gasteiger partial charge in [0.25, 0.3) is 5.88 Å². The third-order valence-electron chi connectivity index (χ3n) is 2.74. The molecule has 0 bridgehead atoms. The maximum atomic E-state index is 14.4. The number of hydrogen-bond donors (Lipinski definition) is 1. The summed E-state index contributed by atoms with van der Waals surface area (Å²) in [6.45, 7) is 4.41. The molecule has 0 unspecified atom stereocenters. The molecular weight excluding hydrogens is 359 g/mol. The lowest BCUT2D eigenvalue weighted by molar-refractivity contribution is 0.416. The van der Waals surface area contributed by atoms with Gasteiger partial charge >= 0.3 is 0 Å². The Labute approximate surface area is 136 Å². The Balaban J connectivity index is 2.24. The minimum Gasteiger partial charge on any atom is -0.435 e. The smallest absolute Gasteiger partial charge is 0.256 e. The Morgan fingerprint density at radius 3 is 2.86 bits per heavy atom. The van der Waals surface area contributed by atoms with Crippen molar-refractivity contribution in [3.63, 3.8) is 0 Å². The zero-order valence-corrected chi connectivity index (χ0v) is 14.0. The summed E-state index contributed by atoms with van der Waals surface area (Å²) in [5.74, 6) is -0.217. The summed E-state index contributed by atoms with van der Waals surface area (Å²) < 4.78 is 20.6. The lowest BCUT2D eigenvalue weighted by Gasteiger charge is -2.12. The van der Waals surface area contributed by atoms with Crippen LogP contribution in [0, 0.1) is 5.82 Å². The minimum atomic E-state index is -0.485. The first-order chi connectivity index (χ1) is 9.97. The first kappa shape index (κ1) is 16.2. The number of aromatic nitrogens is 1. The molecule has 0 atom stereocenters. The Kier molecular flexibility index (Phi) is 5.56. The van der Waals surface area contributed by atoms with Crippen LogP contribution in [0.5, 0.6) is 11.6 Å². The van der Waals surface area contributed by atoms with Crippen LogP contribution in [0.15, 0.2) is 34.9 Å². The summed E-state index contributed by atoms with van der Waals surface area (Å²) in [5, 5.41) is 3.55. The molecule has 1 aromatic heterocycles. The number of rotatable bonds is 5. The molecule has 0 amide bonds. The molecule has 1 aromatic carbocycles. The van der Waals surface area contributed by atoms with E-state index >= 15 is 0 Å². The fraction of sp³-hybridized carbons (Fsp3) is 0.267. The maximum Gasteiger partial charge on any atom is 0.256 e. The zero-order valence-electron chi connectivity index (χ0n) is 11.7. The topological polar surface area (TPSA) is 34.2 Å². The molecule has 2 rings (SSSR count). The average molecular weight is 374 g/mol. The van der Waals surface area contributed by atoms with Crippen LogP contribution in [0.2, 0.25) is 5.02 Å². The Bertz CT molecular complexity index is 637. The minimum absolute atomic E-state index is 0.0851. The van der Waals surface area contributed by atoms with E-state index in [-0.39, 0.29) is 11.9 Å². The van der Waals surface area contributed by atoms with E-state index in [9.17, 15) is 4.39 Å². The van der Waals surface area contributed by atoms with Crippen molar-refractivity contribution >= 4 is 27.5 Å². The van der Waals surface area contributed by atoms with Gasteiger partial charge < -0.3 is 10.1 Å².